The van der Waals surface area contributed by atoms with Crippen molar-refractivity contribution in [3.63, 3.8) is 0 Å². The van der Waals surface area contributed by atoms with Gasteiger partial charge in [0.15, 0.2) is 5.84 Å². The number of para-hydroxylation sites is 1. The fourth-order valence-corrected chi connectivity index (χ4v) is 4.49. The van der Waals surface area contributed by atoms with E-state index in [0.717, 1.165) is 12.3 Å². The molecule has 0 fully saturated rings. The molecule has 0 saturated carbocycles. The second-order valence-corrected chi connectivity index (χ2v) is 7.30. The highest BCUT2D eigenvalue weighted by atomic mass is 15.6. The molecule has 4 rings (SSSR count). The van der Waals surface area contributed by atoms with E-state index in [1.54, 1.807) is 0 Å². The Morgan fingerprint density at radius 2 is 1.38 bits per heavy atom. The van der Waals surface area contributed by atoms with E-state index < -0.39 is 0 Å². The fraction of sp³-hybridized carbons (Fsp3) is 0.500. The molecule has 0 amide bonds. The van der Waals surface area contributed by atoms with Crippen LogP contribution in [0.4, 0.5) is 5.69 Å². The lowest BCUT2D eigenvalue weighted by atomic mass is 9.84. The Kier molecular flexibility index (Phi) is 8.31. The van der Waals surface area contributed by atoms with Crippen LogP contribution in [0.3, 0.4) is 0 Å². The number of rotatable bonds is 4. The Hall–Kier alpha value is -2.29. The minimum absolute atomic E-state index is 0.282. The van der Waals surface area contributed by atoms with E-state index in [4.69, 9.17) is 5.10 Å². The zero-order valence-corrected chi connectivity index (χ0v) is 19.6. The lowest BCUT2D eigenvalue weighted by molar-refractivity contribution is 0.156. The molecule has 0 spiro atoms. The summed E-state index contributed by atoms with van der Waals surface area (Å²) in [6.45, 7) is 15.0. The average molecular weight is 394 g/mol. The summed E-state index contributed by atoms with van der Waals surface area (Å²) in [6.07, 6.45) is 2.64. The molecule has 3 unspecified atom stereocenters. The highest BCUT2D eigenvalue weighted by Gasteiger charge is 2.43. The van der Waals surface area contributed by atoms with Gasteiger partial charge in [0.1, 0.15) is 6.17 Å². The Morgan fingerprint density at radius 3 is 1.97 bits per heavy atom. The van der Waals surface area contributed by atoms with Crippen LogP contribution in [0.1, 0.15) is 66.9 Å². The maximum absolute atomic E-state index is 4.99. The molecule has 0 aromatic heterocycles. The van der Waals surface area contributed by atoms with Crippen molar-refractivity contribution in [2.45, 2.75) is 67.5 Å². The number of amidine groups is 1. The number of anilines is 1. The van der Waals surface area contributed by atoms with Crippen molar-refractivity contribution >= 4 is 11.5 Å². The molecule has 0 aliphatic carbocycles. The van der Waals surface area contributed by atoms with E-state index in [-0.39, 0.29) is 6.17 Å². The van der Waals surface area contributed by atoms with Gasteiger partial charge in [0.2, 0.25) is 0 Å². The van der Waals surface area contributed by atoms with Gasteiger partial charge in [-0.05, 0) is 24.0 Å². The third kappa shape index (κ3) is 4.05. The molecular formula is C26H39N3. The predicted octanol–water partition coefficient (Wildman–Crippen LogP) is 7.23. The molecule has 2 heterocycles. The lowest BCUT2D eigenvalue weighted by Crippen LogP contribution is -2.49. The van der Waals surface area contributed by atoms with Crippen molar-refractivity contribution in [2.24, 2.45) is 16.9 Å². The number of hydrogen-bond acceptors (Lipinski definition) is 3. The topological polar surface area (TPSA) is 18.8 Å². The molecule has 0 N–H and O–H groups in total. The van der Waals surface area contributed by atoms with E-state index >= 15 is 0 Å². The third-order valence-corrected chi connectivity index (χ3v) is 5.98. The number of benzene rings is 2. The first-order valence-electron chi connectivity index (χ1n) is 11.5. The Morgan fingerprint density at radius 1 is 0.828 bits per heavy atom. The lowest BCUT2D eigenvalue weighted by Gasteiger charge is -2.41. The Bertz CT molecular complexity index is 811. The first-order chi connectivity index (χ1) is 14.2. The second-order valence-electron chi connectivity index (χ2n) is 7.30. The molecule has 3 heteroatoms. The van der Waals surface area contributed by atoms with Crippen LogP contribution in [0, 0.1) is 11.8 Å². The second kappa shape index (κ2) is 10.5. The van der Waals surface area contributed by atoms with Gasteiger partial charge in [-0.2, -0.15) is 5.10 Å². The molecule has 158 valence electrons. The molecule has 3 nitrogen and oxygen atoms in total. The Balaban J connectivity index is 0.000000707. The zero-order valence-electron chi connectivity index (χ0n) is 19.6. The van der Waals surface area contributed by atoms with Gasteiger partial charge >= 0.3 is 0 Å². The van der Waals surface area contributed by atoms with Crippen molar-refractivity contribution in [2.75, 3.05) is 11.9 Å². The summed E-state index contributed by atoms with van der Waals surface area (Å²) >= 11 is 0. The fourth-order valence-electron chi connectivity index (χ4n) is 4.49. The van der Waals surface area contributed by atoms with Crippen molar-refractivity contribution in [3.05, 3.63) is 54.1 Å². The van der Waals surface area contributed by atoms with Crippen LogP contribution >= 0.6 is 0 Å². The predicted molar refractivity (Wildman–Crippen MR) is 128 cm³/mol. The summed E-state index contributed by atoms with van der Waals surface area (Å²) in [7, 11) is 2.13. The first kappa shape index (κ1) is 23.0. The summed E-state index contributed by atoms with van der Waals surface area (Å²) in [4.78, 5) is 2.48. The summed E-state index contributed by atoms with van der Waals surface area (Å²) in [5.41, 5.74) is 5.14. The van der Waals surface area contributed by atoms with Crippen LogP contribution in [0.2, 0.25) is 0 Å². The highest BCUT2D eigenvalue weighted by molar-refractivity contribution is 6.19. The van der Waals surface area contributed by atoms with E-state index in [1.165, 1.54) is 28.8 Å². The molecule has 0 bridgehead atoms. The molecule has 2 aliphatic heterocycles. The highest BCUT2D eigenvalue weighted by Crippen LogP contribution is 2.45. The van der Waals surface area contributed by atoms with Crippen LogP contribution in [-0.2, 0) is 0 Å². The molecule has 29 heavy (non-hydrogen) atoms. The number of hydrogen-bond donors (Lipinski definition) is 0. The van der Waals surface area contributed by atoms with Gasteiger partial charge in [0.25, 0.3) is 0 Å². The van der Waals surface area contributed by atoms with Gasteiger partial charge < -0.3 is 4.90 Å². The zero-order chi connectivity index (χ0) is 21.6. The molecule has 3 atom stereocenters. The quantitative estimate of drug-likeness (QED) is 0.545. The SMILES string of the molecule is CC.CC.CCC(C)C(CC)C1N(C)N=C2c3ccccc3-c3ccccc3N21. The Labute approximate surface area is 178 Å². The van der Waals surface area contributed by atoms with Crippen molar-refractivity contribution < 1.29 is 0 Å². The maximum atomic E-state index is 4.99. The van der Waals surface area contributed by atoms with Crippen LogP contribution in [0.5, 0.6) is 0 Å². The maximum Gasteiger partial charge on any atom is 0.162 e. The summed E-state index contributed by atoms with van der Waals surface area (Å²) in [5.74, 6) is 2.34. The summed E-state index contributed by atoms with van der Waals surface area (Å²) in [5, 5.41) is 7.18. The largest absolute Gasteiger partial charge is 0.301 e. The monoisotopic (exact) mass is 393 g/mol. The van der Waals surface area contributed by atoms with Gasteiger partial charge in [-0.3, -0.25) is 5.01 Å². The number of nitrogens with zero attached hydrogens (tertiary/aromatic N) is 3. The van der Waals surface area contributed by atoms with Crippen LogP contribution < -0.4 is 4.90 Å². The number of fused-ring (bicyclic) bond motifs is 6. The summed E-state index contributed by atoms with van der Waals surface area (Å²) in [6, 6.07) is 17.4. The van der Waals surface area contributed by atoms with Gasteiger partial charge in [-0.1, -0.05) is 97.4 Å². The van der Waals surface area contributed by atoms with E-state index in [1.807, 2.05) is 27.7 Å². The van der Waals surface area contributed by atoms with E-state index in [0.29, 0.717) is 11.8 Å². The van der Waals surface area contributed by atoms with Crippen molar-refractivity contribution in [3.8, 4) is 11.1 Å². The van der Waals surface area contributed by atoms with Crippen LogP contribution in [0.15, 0.2) is 53.6 Å². The van der Waals surface area contributed by atoms with Gasteiger partial charge in [-0.15, -0.1) is 0 Å². The van der Waals surface area contributed by atoms with Gasteiger partial charge in [0.05, 0.1) is 5.69 Å². The van der Waals surface area contributed by atoms with Crippen molar-refractivity contribution in [1.29, 1.82) is 0 Å². The summed E-state index contributed by atoms with van der Waals surface area (Å²) < 4.78 is 0. The van der Waals surface area contributed by atoms with E-state index in [9.17, 15) is 0 Å². The minimum Gasteiger partial charge on any atom is -0.301 e. The molecule has 0 saturated heterocycles. The standard InChI is InChI=1S/C22H27N3.2C2H6/c1-5-15(3)16(6-2)22-24(4)23-21-19-13-8-7-11-17(19)18-12-9-10-14-20(18)25(21)22;2*1-2/h7-16,22H,5-6H2,1-4H3;2*1-2H3. The third-order valence-electron chi connectivity index (χ3n) is 5.98. The molecule has 0 radical (unpaired) electrons. The number of hydrazone groups is 1. The van der Waals surface area contributed by atoms with Gasteiger partial charge in [0, 0.05) is 24.1 Å². The molecular weight excluding hydrogens is 354 g/mol. The normalized spacial score (nSPS) is 18.1. The van der Waals surface area contributed by atoms with Crippen LogP contribution in [-0.4, -0.2) is 24.1 Å². The molecule has 2 aromatic carbocycles. The molecule has 2 aliphatic rings. The first-order valence-corrected chi connectivity index (χ1v) is 11.5. The minimum atomic E-state index is 0.282. The smallest absolute Gasteiger partial charge is 0.162 e. The van der Waals surface area contributed by atoms with Gasteiger partial charge in [-0.25, -0.2) is 0 Å². The molecule has 2 aromatic rings. The van der Waals surface area contributed by atoms with E-state index in [2.05, 4.69) is 86.3 Å². The van der Waals surface area contributed by atoms with Crippen LogP contribution in [0.25, 0.3) is 11.1 Å². The average Bonchev–Trinajstić information content (AvgIpc) is 3.14. The van der Waals surface area contributed by atoms with Crippen molar-refractivity contribution in [1.82, 2.24) is 5.01 Å².